The molecule has 0 spiro atoms. The maximum atomic E-state index is 13.5. The predicted molar refractivity (Wildman–Crippen MR) is 316 cm³/mol. The molecule has 0 saturated heterocycles. The number of phosphoric acid groups is 1. The molecule has 1 amide bonds. The standard InChI is InChI=1S/C64H123N2O7P/c1-7-10-13-16-19-22-25-28-30-32-33-34-36-39-42-45-48-51-54-57-64(68)73-62(55-52-49-46-43-40-37-27-24-21-18-15-12-9-3)61(60-72-74(69,70)71-59-58-66(4,5)6)65-63(67)56-53-50-47-44-41-38-35-31-29-26-23-20-17-14-11-8-2/h28,30-31,35,52,55,61-62H,7-27,29,32-34,36-51,53-54,56-60H2,1-6H3,(H-,65,67,69,70)/b30-28+,35-31+,55-52+. The molecule has 0 aliphatic heterocycles. The van der Waals surface area contributed by atoms with Crippen LogP contribution in [0.2, 0.25) is 0 Å². The number of unbranched alkanes of at least 4 members (excludes halogenated alkanes) is 38. The van der Waals surface area contributed by atoms with E-state index < -0.39 is 20.0 Å². The lowest BCUT2D eigenvalue weighted by Gasteiger charge is -2.30. The molecule has 0 fully saturated rings. The quantitative estimate of drug-likeness (QED) is 0.0212. The summed E-state index contributed by atoms with van der Waals surface area (Å²) in [5, 5.41) is 3.03. The molecule has 0 radical (unpaired) electrons. The zero-order valence-electron chi connectivity index (χ0n) is 49.8. The average molecular weight is 1060 g/mol. The van der Waals surface area contributed by atoms with Gasteiger partial charge in [-0.1, -0.05) is 250 Å². The van der Waals surface area contributed by atoms with Gasteiger partial charge in [-0.05, 0) is 83.1 Å². The van der Waals surface area contributed by atoms with Crippen molar-refractivity contribution in [3.05, 3.63) is 36.5 Å². The minimum Gasteiger partial charge on any atom is -0.756 e. The number of esters is 1. The van der Waals surface area contributed by atoms with E-state index >= 15 is 0 Å². The Hall–Kier alpha value is -1.77. The maximum Gasteiger partial charge on any atom is 0.306 e. The molecular formula is C64H123N2O7P. The third-order valence-electron chi connectivity index (χ3n) is 14.3. The van der Waals surface area contributed by atoms with Crippen molar-refractivity contribution in [3.63, 3.8) is 0 Å². The number of rotatable bonds is 58. The fourth-order valence-corrected chi connectivity index (χ4v) is 10.1. The Morgan fingerprint density at radius 1 is 0.459 bits per heavy atom. The third-order valence-corrected chi connectivity index (χ3v) is 15.3. The summed E-state index contributed by atoms with van der Waals surface area (Å²) >= 11 is 0. The highest BCUT2D eigenvalue weighted by molar-refractivity contribution is 7.45. The van der Waals surface area contributed by atoms with Crippen LogP contribution in [0, 0.1) is 0 Å². The van der Waals surface area contributed by atoms with E-state index in [1.165, 1.54) is 199 Å². The van der Waals surface area contributed by atoms with Crippen LogP contribution in [0.4, 0.5) is 0 Å². The summed E-state index contributed by atoms with van der Waals surface area (Å²) in [6.45, 7) is 6.86. The average Bonchev–Trinajstić information content (AvgIpc) is 3.36. The van der Waals surface area contributed by atoms with E-state index in [1.54, 1.807) is 0 Å². The molecule has 3 atom stereocenters. The molecule has 0 aromatic heterocycles. The molecule has 0 aromatic rings. The van der Waals surface area contributed by atoms with Crippen molar-refractivity contribution >= 4 is 19.7 Å². The molecule has 0 rings (SSSR count). The summed E-state index contributed by atoms with van der Waals surface area (Å²) in [5.41, 5.74) is 0. The van der Waals surface area contributed by atoms with Crippen LogP contribution in [-0.4, -0.2) is 69.4 Å². The minimum atomic E-state index is -4.70. The first-order valence-electron chi connectivity index (χ1n) is 31.8. The minimum absolute atomic E-state index is 0.0224. The second kappa shape index (κ2) is 54.6. The van der Waals surface area contributed by atoms with Gasteiger partial charge in [0.25, 0.3) is 7.82 Å². The number of amides is 1. The third kappa shape index (κ3) is 55.0. The first kappa shape index (κ1) is 72.2. The van der Waals surface area contributed by atoms with Crippen molar-refractivity contribution in [2.45, 2.75) is 322 Å². The van der Waals surface area contributed by atoms with Crippen LogP contribution < -0.4 is 10.2 Å². The Morgan fingerprint density at radius 2 is 0.784 bits per heavy atom. The number of nitrogens with zero attached hydrogens (tertiary/aromatic N) is 1. The SMILES string of the molecule is CCCCCCCC/C=C/CCCCCCCCCCCC(=O)OC(/C=C/CCCCCCCCCCCCC)C(COP(=O)([O-])OCC[N+](C)(C)C)NC(=O)CCCCCCC/C=C/CCCCCCCCC. The van der Waals surface area contributed by atoms with E-state index in [0.29, 0.717) is 17.4 Å². The Bertz CT molecular complexity index is 1360. The van der Waals surface area contributed by atoms with Crippen molar-refractivity contribution in [1.82, 2.24) is 5.32 Å². The van der Waals surface area contributed by atoms with Gasteiger partial charge in [-0.25, -0.2) is 0 Å². The number of hydrogen-bond donors (Lipinski definition) is 1. The Labute approximate surface area is 459 Å². The van der Waals surface area contributed by atoms with E-state index in [4.69, 9.17) is 13.8 Å². The van der Waals surface area contributed by atoms with Crippen LogP contribution in [0.15, 0.2) is 36.5 Å². The summed E-state index contributed by atoms with van der Waals surface area (Å²) in [5.74, 6) is -0.541. The number of quaternary nitrogens is 1. The van der Waals surface area contributed by atoms with Gasteiger partial charge in [-0.3, -0.25) is 14.2 Å². The zero-order valence-corrected chi connectivity index (χ0v) is 50.7. The number of phosphoric ester groups is 1. The highest BCUT2D eigenvalue weighted by Gasteiger charge is 2.27. The fourth-order valence-electron chi connectivity index (χ4n) is 9.34. The van der Waals surface area contributed by atoms with Gasteiger partial charge >= 0.3 is 5.97 Å². The molecule has 10 heteroatoms. The molecule has 0 heterocycles. The van der Waals surface area contributed by atoms with Gasteiger partial charge < -0.3 is 28.5 Å². The van der Waals surface area contributed by atoms with E-state index in [0.717, 1.165) is 77.0 Å². The summed E-state index contributed by atoms with van der Waals surface area (Å²) < 4.78 is 30.3. The number of carbonyl (C=O) groups is 2. The summed E-state index contributed by atoms with van der Waals surface area (Å²) in [6.07, 6.45) is 65.3. The van der Waals surface area contributed by atoms with Crippen LogP contribution in [0.25, 0.3) is 0 Å². The summed E-state index contributed by atoms with van der Waals surface area (Å²) in [7, 11) is 1.19. The van der Waals surface area contributed by atoms with Crippen LogP contribution in [0.1, 0.15) is 310 Å². The van der Waals surface area contributed by atoms with Gasteiger partial charge in [0, 0.05) is 12.8 Å². The Morgan fingerprint density at radius 3 is 1.15 bits per heavy atom. The number of hydrogen-bond acceptors (Lipinski definition) is 7. The van der Waals surface area contributed by atoms with E-state index in [9.17, 15) is 19.0 Å². The largest absolute Gasteiger partial charge is 0.756 e. The van der Waals surface area contributed by atoms with Gasteiger partial charge in [0.2, 0.25) is 5.91 Å². The molecule has 0 aliphatic carbocycles. The van der Waals surface area contributed by atoms with Crippen molar-refractivity contribution in [3.8, 4) is 0 Å². The van der Waals surface area contributed by atoms with Gasteiger partial charge in [0.05, 0.1) is 33.8 Å². The molecule has 1 N–H and O–H groups in total. The molecule has 436 valence electrons. The first-order chi connectivity index (χ1) is 35.9. The van der Waals surface area contributed by atoms with E-state index in [2.05, 4.69) is 50.4 Å². The van der Waals surface area contributed by atoms with Crippen molar-refractivity contribution in [2.24, 2.45) is 0 Å². The molecule has 0 saturated carbocycles. The Balaban J connectivity index is 5.26. The zero-order chi connectivity index (χ0) is 54.3. The fraction of sp³-hybridized carbons (Fsp3) is 0.875. The van der Waals surface area contributed by atoms with Crippen LogP contribution >= 0.6 is 7.82 Å². The maximum absolute atomic E-state index is 13.5. The smallest absolute Gasteiger partial charge is 0.306 e. The summed E-state index contributed by atoms with van der Waals surface area (Å²) in [6, 6.07) is -0.890. The lowest BCUT2D eigenvalue weighted by molar-refractivity contribution is -0.870. The molecule has 74 heavy (non-hydrogen) atoms. The molecule has 3 unspecified atom stereocenters. The van der Waals surface area contributed by atoms with Crippen molar-refractivity contribution in [1.29, 1.82) is 0 Å². The number of nitrogens with one attached hydrogen (secondary N) is 1. The highest BCUT2D eigenvalue weighted by Crippen LogP contribution is 2.38. The molecular weight excluding hydrogens is 940 g/mol. The Kier molecular flexibility index (Phi) is 53.3. The molecule has 0 aromatic carbocycles. The van der Waals surface area contributed by atoms with Crippen LogP contribution in [0.3, 0.4) is 0 Å². The lowest BCUT2D eigenvalue weighted by Crippen LogP contribution is -2.47. The van der Waals surface area contributed by atoms with E-state index in [-0.39, 0.29) is 31.5 Å². The van der Waals surface area contributed by atoms with Gasteiger partial charge in [-0.15, -0.1) is 0 Å². The number of carbonyl (C=O) groups excluding carboxylic acids is 2. The van der Waals surface area contributed by atoms with Crippen molar-refractivity contribution < 1.29 is 37.3 Å². The summed E-state index contributed by atoms with van der Waals surface area (Å²) in [4.78, 5) is 40.0. The number of allylic oxidation sites excluding steroid dienone is 5. The van der Waals surface area contributed by atoms with E-state index in [1.807, 2.05) is 33.3 Å². The monoisotopic (exact) mass is 1060 g/mol. The van der Waals surface area contributed by atoms with Crippen LogP contribution in [-0.2, 0) is 27.9 Å². The molecule has 0 aliphatic rings. The van der Waals surface area contributed by atoms with Gasteiger partial charge in [0.1, 0.15) is 19.3 Å². The predicted octanol–water partition coefficient (Wildman–Crippen LogP) is 18.9. The van der Waals surface area contributed by atoms with Gasteiger partial charge in [-0.2, -0.15) is 0 Å². The number of likely N-dealkylation sites (N-methyl/N-ethyl adjacent to an activating group) is 1. The second-order valence-corrected chi connectivity index (χ2v) is 24.3. The first-order valence-corrected chi connectivity index (χ1v) is 33.3. The van der Waals surface area contributed by atoms with Crippen molar-refractivity contribution in [2.75, 3.05) is 40.9 Å². The second-order valence-electron chi connectivity index (χ2n) is 22.9. The lowest BCUT2D eigenvalue weighted by atomic mass is 10.0. The molecule has 0 bridgehead atoms. The number of ether oxygens (including phenoxy) is 1. The van der Waals surface area contributed by atoms with Crippen LogP contribution in [0.5, 0.6) is 0 Å². The topological polar surface area (TPSA) is 114 Å². The normalized spacial score (nSPS) is 13.9. The van der Waals surface area contributed by atoms with Gasteiger partial charge in [0.15, 0.2) is 0 Å². The molecule has 9 nitrogen and oxygen atoms in total. The highest BCUT2D eigenvalue weighted by atomic mass is 31.2.